The van der Waals surface area contributed by atoms with Crippen LogP contribution in [0, 0.1) is 5.82 Å². The minimum atomic E-state index is -0.871. The van der Waals surface area contributed by atoms with Gasteiger partial charge in [0.25, 0.3) is 0 Å². The highest BCUT2D eigenvalue weighted by Gasteiger charge is 2.32. The zero-order chi connectivity index (χ0) is 18.7. The molecule has 2 N–H and O–H groups in total. The van der Waals surface area contributed by atoms with Gasteiger partial charge < -0.3 is 24.6 Å². The maximum absolute atomic E-state index is 14.5. The summed E-state index contributed by atoms with van der Waals surface area (Å²) in [4.78, 5) is 12.7. The molecule has 0 aliphatic carbocycles. The second-order valence-electron chi connectivity index (χ2n) is 5.99. The van der Waals surface area contributed by atoms with Crippen molar-refractivity contribution in [2.24, 2.45) is 0 Å². The van der Waals surface area contributed by atoms with Crippen molar-refractivity contribution in [1.82, 2.24) is 0 Å². The number of rotatable bonds is 6. The number of aryl methyl sites for hydroxylation is 1. The van der Waals surface area contributed by atoms with Crippen molar-refractivity contribution in [2.75, 3.05) is 18.1 Å². The predicted octanol–water partition coefficient (Wildman–Crippen LogP) is 2.61. The molecule has 0 amide bonds. The summed E-state index contributed by atoms with van der Waals surface area (Å²) >= 11 is 0. The zero-order valence-corrected chi connectivity index (χ0v) is 14.3. The normalized spacial score (nSPS) is 19.6. The minimum Gasteiger partial charge on any atom is -0.504 e. The lowest BCUT2D eigenvalue weighted by molar-refractivity contribution is -0.117. The monoisotopic (exact) mass is 361 g/mol. The van der Waals surface area contributed by atoms with Crippen LogP contribution in [0.25, 0.3) is 0 Å². The number of halogens is 1. The molecule has 0 spiro atoms. The Bertz CT molecular complexity index is 797. The van der Waals surface area contributed by atoms with Crippen LogP contribution >= 0.6 is 0 Å². The number of carbonyl (C=O) groups is 1. The second-order valence-corrected chi connectivity index (χ2v) is 5.99. The number of hydrogen-bond acceptors (Lipinski definition) is 6. The van der Waals surface area contributed by atoms with E-state index in [2.05, 4.69) is 0 Å². The summed E-state index contributed by atoms with van der Waals surface area (Å²) in [7, 11) is 0. The molecule has 2 atom stereocenters. The van der Waals surface area contributed by atoms with E-state index in [1.54, 1.807) is 29.2 Å². The lowest BCUT2D eigenvalue weighted by atomic mass is 10.1. The van der Waals surface area contributed by atoms with E-state index in [0.717, 1.165) is 12.0 Å². The third-order valence-electron chi connectivity index (χ3n) is 4.26. The highest BCUT2D eigenvalue weighted by atomic mass is 19.1. The van der Waals surface area contributed by atoms with E-state index in [1.165, 1.54) is 12.1 Å². The molecule has 26 heavy (non-hydrogen) atoms. The van der Waals surface area contributed by atoms with Crippen LogP contribution in [0.15, 0.2) is 36.4 Å². The maximum Gasteiger partial charge on any atom is 0.187 e. The van der Waals surface area contributed by atoms with Crippen LogP contribution in [0.5, 0.6) is 17.2 Å². The number of aliphatic hydroxyl groups is 1. The smallest absolute Gasteiger partial charge is 0.187 e. The molecule has 0 aromatic heterocycles. The fraction of sp³-hybridized carbons (Fsp3) is 0.316. The third kappa shape index (κ3) is 3.63. The number of hydrogen-bond donors (Lipinski definition) is 2. The van der Waals surface area contributed by atoms with Crippen molar-refractivity contribution in [2.45, 2.75) is 25.7 Å². The molecule has 6 nitrogen and oxygen atoms in total. The Labute approximate surface area is 150 Å². The minimum absolute atomic E-state index is 0.0465. The fourth-order valence-electron chi connectivity index (χ4n) is 2.83. The summed E-state index contributed by atoms with van der Waals surface area (Å²) in [6.45, 7) is 2.01. The Balaban J connectivity index is 1.81. The summed E-state index contributed by atoms with van der Waals surface area (Å²) in [5.74, 6) is -0.592. The summed E-state index contributed by atoms with van der Waals surface area (Å²) in [5, 5.41) is 19.2. The van der Waals surface area contributed by atoms with Gasteiger partial charge in [-0.2, -0.15) is 0 Å². The van der Waals surface area contributed by atoms with Gasteiger partial charge in [0.15, 0.2) is 35.6 Å². The molecule has 1 aliphatic rings. The third-order valence-corrected chi connectivity index (χ3v) is 4.26. The van der Waals surface area contributed by atoms with Gasteiger partial charge in [-0.1, -0.05) is 13.0 Å². The number of nitrogens with zero attached hydrogens (tertiary/aromatic N) is 1. The molecule has 1 saturated heterocycles. The molecule has 0 bridgehead atoms. The van der Waals surface area contributed by atoms with Crippen molar-refractivity contribution in [3.8, 4) is 17.2 Å². The summed E-state index contributed by atoms with van der Waals surface area (Å²) in [6, 6.07) is 9.21. The van der Waals surface area contributed by atoms with Gasteiger partial charge in [0, 0.05) is 18.3 Å². The van der Waals surface area contributed by atoms with Crippen molar-refractivity contribution in [3.63, 3.8) is 0 Å². The Morgan fingerprint density at radius 1 is 1.31 bits per heavy atom. The number of carbonyl (C=O) groups excluding carboxylic acids is 1. The highest BCUT2D eigenvalue weighted by molar-refractivity contribution is 5.66. The fourth-order valence-corrected chi connectivity index (χ4v) is 2.83. The number of aldehydes is 1. The average molecular weight is 361 g/mol. The van der Waals surface area contributed by atoms with E-state index in [9.17, 15) is 19.4 Å². The first kappa shape index (κ1) is 18.2. The Kier molecular flexibility index (Phi) is 5.39. The van der Waals surface area contributed by atoms with Crippen molar-refractivity contribution in [3.05, 3.63) is 47.8 Å². The van der Waals surface area contributed by atoms with Gasteiger partial charge in [-0.15, -0.1) is 0 Å². The first-order chi connectivity index (χ1) is 12.5. The molecule has 1 fully saturated rings. The van der Waals surface area contributed by atoms with Gasteiger partial charge in [-0.25, -0.2) is 4.39 Å². The van der Waals surface area contributed by atoms with Gasteiger partial charge in [-0.05, 0) is 36.2 Å². The molecule has 0 saturated carbocycles. The molecule has 1 heterocycles. The van der Waals surface area contributed by atoms with Gasteiger partial charge >= 0.3 is 0 Å². The number of ether oxygens (including phenoxy) is 2. The molecule has 138 valence electrons. The van der Waals surface area contributed by atoms with Crippen LogP contribution in [0.4, 0.5) is 10.1 Å². The first-order valence-electron chi connectivity index (χ1n) is 8.33. The van der Waals surface area contributed by atoms with Crippen LogP contribution in [0.1, 0.15) is 12.5 Å². The molecule has 0 radical (unpaired) electrons. The summed E-state index contributed by atoms with van der Waals surface area (Å²) in [5.41, 5.74) is 1.38. The second kappa shape index (κ2) is 7.72. The standard InChI is InChI=1S/C19H20FNO5/c1-2-12-3-5-18(16(24)7-12)26-17-6-4-13(8-15(17)20)21-9-14(10-22)25-19(21)11-23/h3-8,11,14,19,22,24H,2,9-10H2,1H3/t14-,19?/m1/s1. The predicted molar refractivity (Wildman–Crippen MR) is 93.1 cm³/mol. The number of aromatic hydroxyl groups is 1. The number of phenolic OH excluding ortho intramolecular Hbond substituents is 1. The molecule has 3 rings (SSSR count). The van der Waals surface area contributed by atoms with E-state index in [4.69, 9.17) is 9.47 Å². The van der Waals surface area contributed by atoms with Crippen LogP contribution in [-0.2, 0) is 16.0 Å². The Morgan fingerprint density at radius 2 is 2.08 bits per heavy atom. The highest BCUT2D eigenvalue weighted by Crippen LogP contribution is 2.35. The molecule has 2 aromatic carbocycles. The molecule has 7 heteroatoms. The molecule has 1 unspecified atom stereocenters. The molecular formula is C19H20FNO5. The Hall–Kier alpha value is -2.64. The summed E-state index contributed by atoms with van der Waals surface area (Å²) < 4.78 is 25.3. The number of aliphatic hydroxyl groups excluding tert-OH is 1. The molecule has 1 aliphatic heterocycles. The van der Waals surface area contributed by atoms with E-state index in [-0.39, 0.29) is 30.4 Å². The summed E-state index contributed by atoms with van der Waals surface area (Å²) in [6.07, 6.45) is -0.00510. The average Bonchev–Trinajstić information content (AvgIpc) is 3.08. The SMILES string of the molecule is CCc1ccc(Oc2ccc(N3C[C@H](CO)OC3C=O)cc2F)c(O)c1. The van der Waals surface area contributed by atoms with Crippen LogP contribution in [-0.4, -0.2) is 42.0 Å². The first-order valence-corrected chi connectivity index (χ1v) is 8.33. The van der Waals surface area contributed by atoms with Gasteiger partial charge in [-0.3, -0.25) is 4.79 Å². The van der Waals surface area contributed by atoms with Gasteiger partial charge in [0.05, 0.1) is 6.61 Å². The van der Waals surface area contributed by atoms with E-state index in [1.807, 2.05) is 6.92 Å². The van der Waals surface area contributed by atoms with E-state index < -0.39 is 18.1 Å². The van der Waals surface area contributed by atoms with Crippen molar-refractivity contribution in [1.29, 1.82) is 0 Å². The number of phenols is 1. The van der Waals surface area contributed by atoms with E-state index in [0.29, 0.717) is 12.0 Å². The Morgan fingerprint density at radius 3 is 2.69 bits per heavy atom. The maximum atomic E-state index is 14.5. The van der Waals surface area contributed by atoms with Gasteiger partial charge in [0.2, 0.25) is 0 Å². The molecule has 2 aromatic rings. The van der Waals surface area contributed by atoms with Crippen LogP contribution < -0.4 is 9.64 Å². The quantitative estimate of drug-likeness (QED) is 0.770. The van der Waals surface area contributed by atoms with Crippen LogP contribution in [0.3, 0.4) is 0 Å². The number of benzene rings is 2. The van der Waals surface area contributed by atoms with Gasteiger partial charge in [0.1, 0.15) is 6.10 Å². The topological polar surface area (TPSA) is 79.2 Å². The van der Waals surface area contributed by atoms with Crippen LogP contribution in [0.2, 0.25) is 0 Å². The molecular weight excluding hydrogens is 341 g/mol. The number of anilines is 1. The lowest BCUT2D eigenvalue weighted by Gasteiger charge is -2.21. The largest absolute Gasteiger partial charge is 0.504 e. The lowest BCUT2D eigenvalue weighted by Crippen LogP contribution is -2.31. The van der Waals surface area contributed by atoms with E-state index >= 15 is 0 Å². The van der Waals surface area contributed by atoms with Crippen molar-refractivity contribution >= 4 is 12.0 Å². The van der Waals surface area contributed by atoms with Crippen molar-refractivity contribution < 1.29 is 28.9 Å². The zero-order valence-electron chi connectivity index (χ0n) is 14.3.